The number of halogens is 1. The third-order valence-electron chi connectivity index (χ3n) is 4.63. The number of benzene rings is 3. The Balaban J connectivity index is 1.43. The Hall–Kier alpha value is -3.05. The quantitative estimate of drug-likeness (QED) is 0.368. The lowest BCUT2D eigenvalue weighted by molar-refractivity contribution is 0.0955. The predicted octanol–water partition coefficient (Wildman–Crippen LogP) is 5.65. The first-order valence-electron chi connectivity index (χ1n) is 9.15. The summed E-state index contributed by atoms with van der Waals surface area (Å²) >= 11 is 3.47. The molecule has 0 aliphatic rings. The molecule has 1 aromatic heterocycles. The van der Waals surface area contributed by atoms with Crippen LogP contribution in [0.25, 0.3) is 10.9 Å². The summed E-state index contributed by atoms with van der Waals surface area (Å²) in [5.74, 6) is -0.0852. The summed E-state index contributed by atoms with van der Waals surface area (Å²) in [6.45, 7) is 0.575. The van der Waals surface area contributed by atoms with Crippen LogP contribution in [-0.2, 0) is 6.42 Å². The fraction of sp³-hybridized carbons (Fsp3) is 0.0870. The number of hydrogen-bond donors (Lipinski definition) is 3. The molecule has 5 heteroatoms. The molecular formula is C23H20BrN3O. The molecule has 4 nitrogen and oxygen atoms in total. The maximum absolute atomic E-state index is 12.7. The van der Waals surface area contributed by atoms with E-state index in [9.17, 15) is 4.79 Å². The minimum atomic E-state index is -0.0852. The number of aromatic nitrogens is 1. The van der Waals surface area contributed by atoms with Gasteiger partial charge in [-0.05, 0) is 48.4 Å². The zero-order chi connectivity index (χ0) is 19.3. The van der Waals surface area contributed by atoms with E-state index in [0.29, 0.717) is 12.1 Å². The second-order valence-electron chi connectivity index (χ2n) is 6.55. The van der Waals surface area contributed by atoms with Crippen molar-refractivity contribution in [1.82, 2.24) is 10.3 Å². The van der Waals surface area contributed by atoms with Crippen molar-refractivity contribution in [1.29, 1.82) is 0 Å². The van der Waals surface area contributed by atoms with Crippen LogP contribution in [-0.4, -0.2) is 17.4 Å². The van der Waals surface area contributed by atoms with E-state index in [2.05, 4.69) is 43.7 Å². The smallest absolute Gasteiger partial charge is 0.253 e. The largest absolute Gasteiger partial charge is 0.361 e. The molecule has 0 radical (unpaired) electrons. The van der Waals surface area contributed by atoms with E-state index in [1.807, 2.05) is 66.9 Å². The van der Waals surface area contributed by atoms with Crippen molar-refractivity contribution >= 4 is 44.1 Å². The van der Waals surface area contributed by atoms with Gasteiger partial charge in [0, 0.05) is 33.8 Å². The van der Waals surface area contributed by atoms with Crippen LogP contribution in [0.1, 0.15) is 15.9 Å². The van der Waals surface area contributed by atoms with Crippen molar-refractivity contribution < 1.29 is 4.79 Å². The van der Waals surface area contributed by atoms with Gasteiger partial charge in [-0.1, -0.05) is 52.3 Å². The van der Waals surface area contributed by atoms with Gasteiger partial charge >= 0.3 is 0 Å². The molecule has 0 aliphatic carbocycles. The maximum Gasteiger partial charge on any atom is 0.253 e. The van der Waals surface area contributed by atoms with Gasteiger partial charge in [0.15, 0.2) is 0 Å². The number of para-hydroxylation sites is 2. The predicted molar refractivity (Wildman–Crippen MR) is 118 cm³/mol. The van der Waals surface area contributed by atoms with Gasteiger partial charge in [0.05, 0.1) is 11.3 Å². The molecule has 1 heterocycles. The number of rotatable bonds is 6. The van der Waals surface area contributed by atoms with E-state index in [-0.39, 0.29) is 5.91 Å². The molecule has 28 heavy (non-hydrogen) atoms. The number of hydrogen-bond acceptors (Lipinski definition) is 2. The first-order valence-corrected chi connectivity index (χ1v) is 9.95. The fourth-order valence-electron chi connectivity index (χ4n) is 3.26. The molecule has 3 N–H and O–H groups in total. The van der Waals surface area contributed by atoms with Crippen LogP contribution in [0.5, 0.6) is 0 Å². The van der Waals surface area contributed by atoms with E-state index < -0.39 is 0 Å². The van der Waals surface area contributed by atoms with Crippen LogP contribution in [0, 0.1) is 0 Å². The van der Waals surface area contributed by atoms with Crippen molar-refractivity contribution in [2.45, 2.75) is 6.42 Å². The summed E-state index contributed by atoms with van der Waals surface area (Å²) in [7, 11) is 0. The molecule has 3 aromatic carbocycles. The van der Waals surface area contributed by atoms with Crippen LogP contribution in [0.4, 0.5) is 11.4 Å². The Morgan fingerprint density at radius 3 is 2.68 bits per heavy atom. The number of fused-ring (bicyclic) bond motifs is 1. The van der Waals surface area contributed by atoms with Crippen LogP contribution in [0.3, 0.4) is 0 Å². The van der Waals surface area contributed by atoms with E-state index >= 15 is 0 Å². The standard InChI is InChI=1S/C23H20BrN3O/c24-17-6-5-7-18(14-17)27-22-11-4-2-9-20(22)23(28)25-13-12-16-15-26-21-10-3-1-8-19(16)21/h1-11,14-15,26-27H,12-13H2,(H,25,28). The SMILES string of the molecule is O=C(NCCc1c[nH]c2ccccc12)c1ccccc1Nc1cccc(Br)c1. The van der Waals surface area contributed by atoms with Crippen LogP contribution >= 0.6 is 15.9 Å². The monoisotopic (exact) mass is 433 g/mol. The Morgan fingerprint density at radius 1 is 0.964 bits per heavy atom. The van der Waals surface area contributed by atoms with Gasteiger partial charge in [-0.3, -0.25) is 4.79 Å². The van der Waals surface area contributed by atoms with E-state index in [1.165, 1.54) is 10.9 Å². The van der Waals surface area contributed by atoms with Crippen LogP contribution in [0.15, 0.2) is 83.5 Å². The molecule has 0 saturated carbocycles. The van der Waals surface area contributed by atoms with Crippen molar-refractivity contribution in [3.05, 3.63) is 94.6 Å². The highest BCUT2D eigenvalue weighted by Gasteiger charge is 2.11. The number of anilines is 2. The van der Waals surface area contributed by atoms with E-state index in [0.717, 1.165) is 27.8 Å². The molecule has 0 spiro atoms. The third kappa shape index (κ3) is 4.10. The Morgan fingerprint density at radius 2 is 1.79 bits per heavy atom. The van der Waals surface area contributed by atoms with Crippen molar-refractivity contribution in [2.24, 2.45) is 0 Å². The van der Waals surface area contributed by atoms with Gasteiger partial charge in [0.25, 0.3) is 5.91 Å². The molecule has 0 bridgehead atoms. The summed E-state index contributed by atoms with van der Waals surface area (Å²) in [5.41, 5.74) is 4.66. The van der Waals surface area contributed by atoms with Crippen molar-refractivity contribution in [3.8, 4) is 0 Å². The van der Waals surface area contributed by atoms with Gasteiger partial charge < -0.3 is 15.6 Å². The number of carbonyl (C=O) groups excluding carboxylic acids is 1. The molecule has 4 aromatic rings. The van der Waals surface area contributed by atoms with Crippen LogP contribution < -0.4 is 10.6 Å². The Kier molecular flexibility index (Phi) is 5.44. The molecule has 0 fully saturated rings. The zero-order valence-electron chi connectivity index (χ0n) is 15.2. The lowest BCUT2D eigenvalue weighted by Crippen LogP contribution is -2.26. The third-order valence-corrected chi connectivity index (χ3v) is 5.12. The highest BCUT2D eigenvalue weighted by Crippen LogP contribution is 2.23. The molecule has 4 rings (SSSR count). The van der Waals surface area contributed by atoms with E-state index in [4.69, 9.17) is 0 Å². The maximum atomic E-state index is 12.7. The second-order valence-corrected chi connectivity index (χ2v) is 7.46. The Labute approximate surface area is 172 Å². The number of amides is 1. The molecule has 1 amide bonds. The molecule has 0 unspecified atom stereocenters. The summed E-state index contributed by atoms with van der Waals surface area (Å²) in [6, 6.07) is 23.6. The molecule has 140 valence electrons. The fourth-order valence-corrected chi connectivity index (χ4v) is 3.66. The number of H-pyrrole nitrogens is 1. The lowest BCUT2D eigenvalue weighted by Gasteiger charge is -2.12. The van der Waals surface area contributed by atoms with Crippen LogP contribution in [0.2, 0.25) is 0 Å². The number of carbonyl (C=O) groups is 1. The second kappa shape index (κ2) is 8.31. The molecule has 0 atom stereocenters. The first kappa shape index (κ1) is 18.3. The summed E-state index contributed by atoms with van der Waals surface area (Å²) in [4.78, 5) is 16.0. The topological polar surface area (TPSA) is 56.9 Å². The van der Waals surface area contributed by atoms with E-state index in [1.54, 1.807) is 0 Å². The van der Waals surface area contributed by atoms with Crippen molar-refractivity contribution in [3.63, 3.8) is 0 Å². The molecule has 0 aliphatic heterocycles. The average Bonchev–Trinajstić information content (AvgIpc) is 3.12. The molecular weight excluding hydrogens is 414 g/mol. The summed E-state index contributed by atoms with van der Waals surface area (Å²) < 4.78 is 0.984. The molecule has 0 saturated heterocycles. The number of nitrogens with one attached hydrogen (secondary N) is 3. The van der Waals surface area contributed by atoms with Gasteiger partial charge in [0.2, 0.25) is 0 Å². The Bertz CT molecular complexity index is 1120. The van der Waals surface area contributed by atoms with Gasteiger partial charge in [-0.15, -0.1) is 0 Å². The zero-order valence-corrected chi connectivity index (χ0v) is 16.8. The summed E-state index contributed by atoms with van der Waals surface area (Å²) in [6.07, 6.45) is 2.79. The van der Waals surface area contributed by atoms with Gasteiger partial charge in [-0.25, -0.2) is 0 Å². The number of aromatic amines is 1. The lowest BCUT2D eigenvalue weighted by atomic mass is 10.1. The highest BCUT2D eigenvalue weighted by atomic mass is 79.9. The van der Waals surface area contributed by atoms with Gasteiger partial charge in [0.1, 0.15) is 0 Å². The summed E-state index contributed by atoms with van der Waals surface area (Å²) in [5, 5.41) is 7.57. The van der Waals surface area contributed by atoms with Gasteiger partial charge in [-0.2, -0.15) is 0 Å². The minimum absolute atomic E-state index is 0.0852. The van der Waals surface area contributed by atoms with Crippen molar-refractivity contribution in [2.75, 3.05) is 11.9 Å². The highest BCUT2D eigenvalue weighted by molar-refractivity contribution is 9.10. The minimum Gasteiger partial charge on any atom is -0.361 e. The average molecular weight is 434 g/mol. The first-order chi connectivity index (χ1) is 13.7. The normalized spacial score (nSPS) is 10.8.